The molecule has 1 saturated heterocycles. The maximum atomic E-state index is 13.1. The van der Waals surface area contributed by atoms with Crippen LogP contribution in [0.3, 0.4) is 0 Å². The molecule has 0 spiro atoms. The minimum Gasteiger partial charge on any atom is -0.315 e. The first-order valence-corrected chi connectivity index (χ1v) is 6.18. The van der Waals surface area contributed by atoms with E-state index in [2.05, 4.69) is 15.6 Å². The van der Waals surface area contributed by atoms with Gasteiger partial charge in [-0.15, -0.1) is 11.3 Å². The van der Waals surface area contributed by atoms with Gasteiger partial charge in [0.15, 0.2) is 10.5 Å². The van der Waals surface area contributed by atoms with Gasteiger partial charge in [-0.3, -0.25) is 4.79 Å². The molecule has 1 aliphatic heterocycles. The second-order valence-corrected chi connectivity index (χ2v) is 5.47. The molecule has 0 radical (unpaired) electrons. The standard InChI is InChI=1S/C10H12F3N3OS/c1-6-4-15-8(18-6)16-7(17)9(10(11,12)13)2-3-14-5-9/h4,14H,2-3,5H2,1H3,(H,15,16,17). The zero-order valence-electron chi connectivity index (χ0n) is 9.60. The molecule has 1 aromatic heterocycles. The average molecular weight is 279 g/mol. The lowest BCUT2D eigenvalue weighted by atomic mass is 9.85. The summed E-state index contributed by atoms with van der Waals surface area (Å²) < 4.78 is 39.2. The van der Waals surface area contributed by atoms with Crippen LogP contribution in [-0.4, -0.2) is 30.2 Å². The number of thiazole rings is 1. The molecule has 2 heterocycles. The monoisotopic (exact) mass is 279 g/mol. The van der Waals surface area contributed by atoms with Crippen molar-refractivity contribution in [2.75, 3.05) is 18.4 Å². The number of hydrogen-bond acceptors (Lipinski definition) is 4. The number of rotatable bonds is 2. The number of carbonyl (C=O) groups is 1. The Balaban J connectivity index is 2.20. The Morgan fingerprint density at radius 1 is 1.61 bits per heavy atom. The maximum absolute atomic E-state index is 13.1. The molecule has 2 N–H and O–H groups in total. The number of alkyl halides is 3. The minimum absolute atomic E-state index is 0.184. The zero-order valence-corrected chi connectivity index (χ0v) is 10.4. The SMILES string of the molecule is Cc1cnc(NC(=O)C2(C(F)(F)F)CCNC2)s1. The van der Waals surface area contributed by atoms with E-state index in [4.69, 9.17) is 0 Å². The van der Waals surface area contributed by atoms with E-state index in [1.165, 1.54) is 6.20 Å². The predicted octanol–water partition coefficient (Wildman–Crippen LogP) is 1.93. The van der Waals surface area contributed by atoms with Crippen LogP contribution >= 0.6 is 11.3 Å². The van der Waals surface area contributed by atoms with E-state index in [-0.39, 0.29) is 24.6 Å². The molecule has 0 aliphatic carbocycles. The molecule has 1 amide bonds. The van der Waals surface area contributed by atoms with Crippen molar-refractivity contribution in [3.63, 3.8) is 0 Å². The van der Waals surface area contributed by atoms with Gasteiger partial charge in [0.2, 0.25) is 5.91 Å². The van der Waals surface area contributed by atoms with Gasteiger partial charge < -0.3 is 10.6 Å². The second-order valence-electron chi connectivity index (χ2n) is 4.24. The average Bonchev–Trinajstić information content (AvgIpc) is 2.86. The largest absolute Gasteiger partial charge is 0.404 e. The van der Waals surface area contributed by atoms with Crippen LogP contribution in [0.25, 0.3) is 0 Å². The fourth-order valence-electron chi connectivity index (χ4n) is 1.89. The van der Waals surface area contributed by atoms with E-state index in [0.717, 1.165) is 16.2 Å². The molecular formula is C10H12F3N3OS. The van der Waals surface area contributed by atoms with Crippen LogP contribution in [0.4, 0.5) is 18.3 Å². The second kappa shape index (κ2) is 4.51. The maximum Gasteiger partial charge on any atom is 0.404 e. The fourth-order valence-corrected chi connectivity index (χ4v) is 2.55. The molecule has 0 saturated carbocycles. The predicted molar refractivity (Wildman–Crippen MR) is 61.5 cm³/mol. The van der Waals surface area contributed by atoms with Crippen molar-refractivity contribution in [1.82, 2.24) is 10.3 Å². The lowest BCUT2D eigenvalue weighted by Crippen LogP contribution is -2.49. The molecule has 100 valence electrons. The van der Waals surface area contributed by atoms with Gasteiger partial charge in [-0.2, -0.15) is 13.2 Å². The Morgan fingerprint density at radius 2 is 2.33 bits per heavy atom. The number of anilines is 1. The van der Waals surface area contributed by atoms with Crippen LogP contribution in [0.15, 0.2) is 6.20 Å². The summed E-state index contributed by atoms with van der Waals surface area (Å²) in [5, 5.41) is 5.06. The number of hydrogen-bond donors (Lipinski definition) is 2. The Bertz CT molecular complexity index is 451. The molecule has 1 unspecified atom stereocenters. The first-order chi connectivity index (χ1) is 8.35. The minimum atomic E-state index is -4.56. The van der Waals surface area contributed by atoms with Crippen LogP contribution in [0.5, 0.6) is 0 Å². The molecule has 4 nitrogen and oxygen atoms in total. The third kappa shape index (κ3) is 2.22. The lowest BCUT2D eigenvalue weighted by molar-refractivity contribution is -0.213. The van der Waals surface area contributed by atoms with Crippen molar-refractivity contribution in [1.29, 1.82) is 0 Å². The van der Waals surface area contributed by atoms with Crippen molar-refractivity contribution in [3.05, 3.63) is 11.1 Å². The summed E-state index contributed by atoms with van der Waals surface area (Å²) in [5.41, 5.74) is -2.34. The Morgan fingerprint density at radius 3 is 2.78 bits per heavy atom. The fraction of sp³-hybridized carbons (Fsp3) is 0.600. The molecule has 1 aliphatic rings. The van der Waals surface area contributed by atoms with E-state index >= 15 is 0 Å². The topological polar surface area (TPSA) is 54.0 Å². The summed E-state index contributed by atoms with van der Waals surface area (Å²) in [4.78, 5) is 16.6. The third-order valence-corrected chi connectivity index (χ3v) is 3.80. The van der Waals surface area contributed by atoms with Crippen LogP contribution in [0, 0.1) is 12.3 Å². The Labute approximate surface area is 106 Å². The zero-order chi connectivity index (χ0) is 13.4. The van der Waals surface area contributed by atoms with Crippen LogP contribution < -0.4 is 10.6 Å². The van der Waals surface area contributed by atoms with Gasteiger partial charge in [0.25, 0.3) is 0 Å². The van der Waals surface area contributed by atoms with Crippen LogP contribution in [0.2, 0.25) is 0 Å². The highest BCUT2D eigenvalue weighted by Gasteiger charge is 2.61. The molecule has 0 bridgehead atoms. The van der Waals surface area contributed by atoms with Crippen molar-refractivity contribution < 1.29 is 18.0 Å². The normalized spacial score (nSPS) is 24.2. The van der Waals surface area contributed by atoms with E-state index in [0.29, 0.717) is 0 Å². The number of aryl methyl sites for hydroxylation is 1. The van der Waals surface area contributed by atoms with E-state index in [9.17, 15) is 18.0 Å². The smallest absolute Gasteiger partial charge is 0.315 e. The van der Waals surface area contributed by atoms with E-state index < -0.39 is 17.5 Å². The number of nitrogens with zero attached hydrogens (tertiary/aromatic N) is 1. The van der Waals surface area contributed by atoms with Gasteiger partial charge in [0, 0.05) is 17.6 Å². The first-order valence-electron chi connectivity index (χ1n) is 5.36. The lowest BCUT2D eigenvalue weighted by Gasteiger charge is -2.28. The van der Waals surface area contributed by atoms with Gasteiger partial charge in [-0.05, 0) is 19.9 Å². The molecule has 1 fully saturated rings. The number of aromatic nitrogens is 1. The molecule has 0 aromatic carbocycles. The van der Waals surface area contributed by atoms with Crippen molar-refractivity contribution in [2.24, 2.45) is 5.41 Å². The van der Waals surface area contributed by atoms with Gasteiger partial charge in [-0.1, -0.05) is 0 Å². The van der Waals surface area contributed by atoms with Crippen molar-refractivity contribution in [3.8, 4) is 0 Å². The molecule has 2 rings (SSSR count). The summed E-state index contributed by atoms with van der Waals surface area (Å²) in [6, 6.07) is 0. The number of halogens is 3. The summed E-state index contributed by atoms with van der Waals surface area (Å²) >= 11 is 1.15. The highest BCUT2D eigenvalue weighted by molar-refractivity contribution is 7.15. The van der Waals surface area contributed by atoms with E-state index in [1.54, 1.807) is 6.92 Å². The number of amides is 1. The molecule has 18 heavy (non-hydrogen) atoms. The third-order valence-electron chi connectivity index (χ3n) is 2.97. The Hall–Kier alpha value is -1.15. The van der Waals surface area contributed by atoms with Crippen molar-refractivity contribution in [2.45, 2.75) is 19.5 Å². The van der Waals surface area contributed by atoms with Gasteiger partial charge in [0.1, 0.15) is 0 Å². The highest BCUT2D eigenvalue weighted by atomic mass is 32.1. The van der Waals surface area contributed by atoms with Gasteiger partial charge >= 0.3 is 6.18 Å². The summed E-state index contributed by atoms with van der Waals surface area (Å²) in [7, 11) is 0. The molecule has 8 heteroatoms. The van der Waals surface area contributed by atoms with Crippen molar-refractivity contribution >= 4 is 22.4 Å². The molecular weight excluding hydrogens is 267 g/mol. The number of nitrogens with one attached hydrogen (secondary N) is 2. The molecule has 1 aromatic rings. The summed E-state index contributed by atoms with van der Waals surface area (Å²) in [5.74, 6) is -1.03. The highest BCUT2D eigenvalue weighted by Crippen LogP contribution is 2.43. The quantitative estimate of drug-likeness (QED) is 0.869. The van der Waals surface area contributed by atoms with E-state index in [1.807, 2.05) is 0 Å². The number of carbonyl (C=O) groups excluding carboxylic acids is 1. The summed E-state index contributed by atoms with van der Waals surface area (Å²) in [6.07, 6.45) is -3.30. The van der Waals surface area contributed by atoms with Gasteiger partial charge in [-0.25, -0.2) is 4.98 Å². The van der Waals surface area contributed by atoms with Gasteiger partial charge in [0.05, 0.1) is 0 Å². The van der Waals surface area contributed by atoms with Crippen LogP contribution in [-0.2, 0) is 4.79 Å². The molecule has 1 atom stereocenters. The Kier molecular flexibility index (Phi) is 3.33. The van der Waals surface area contributed by atoms with Crippen LogP contribution in [0.1, 0.15) is 11.3 Å². The summed E-state index contributed by atoms with van der Waals surface area (Å²) in [6.45, 7) is 1.57. The first kappa shape index (κ1) is 13.3.